The van der Waals surface area contributed by atoms with Crippen molar-refractivity contribution in [2.45, 2.75) is 218 Å². The third-order valence-electron chi connectivity index (χ3n) is 10.2. The first kappa shape index (κ1) is 52.7. The summed E-state index contributed by atoms with van der Waals surface area (Å²) in [4.78, 5) is 25.3. The lowest BCUT2D eigenvalue weighted by Crippen LogP contribution is -2.59. The molecule has 1 aliphatic heterocycles. The van der Waals surface area contributed by atoms with Gasteiger partial charge in [0.05, 0.1) is 13.2 Å². The first-order valence-corrected chi connectivity index (χ1v) is 22.7. The standard InChI is InChI=1S/C47H82O10/c1-3-5-7-9-11-13-15-17-18-19-20-21-22-24-25-27-29-31-33-35-42(49)54-38-40(39-55-47-46(53)45(52)44(51)41(37-48)57-47)56-43(50)36-34-32-30-28-26-23-16-14-12-10-8-6-4-2/h6,8,12,14,17-18,23,26,40-41,44-48,51-53H,3-5,7,9-11,13,15-16,19-22,24-25,27-39H2,1-2H3/b8-6-,14-12-,18-17-,26-23-. The highest BCUT2D eigenvalue weighted by molar-refractivity contribution is 5.70. The summed E-state index contributed by atoms with van der Waals surface area (Å²) in [5.41, 5.74) is 0. The van der Waals surface area contributed by atoms with Gasteiger partial charge in [0.2, 0.25) is 0 Å². The van der Waals surface area contributed by atoms with Gasteiger partial charge in [-0.3, -0.25) is 9.59 Å². The summed E-state index contributed by atoms with van der Waals surface area (Å²) in [5.74, 6) is -0.844. The molecular formula is C47H82O10. The van der Waals surface area contributed by atoms with Crippen molar-refractivity contribution in [1.82, 2.24) is 0 Å². The minimum atomic E-state index is -1.60. The number of aliphatic hydroxyl groups excluding tert-OH is 4. The molecule has 0 aromatic rings. The SMILES string of the molecule is CC/C=C\C/C=C\C/C=C\CCCCCC(=O)OC(COC(=O)CCCCCCCCCCC/C=C\CCCCCCCC)COC1OC(CO)C(O)C(O)C1O. The van der Waals surface area contributed by atoms with Gasteiger partial charge in [0, 0.05) is 12.8 Å². The zero-order valence-electron chi connectivity index (χ0n) is 35.8. The Hall–Kier alpha value is -2.34. The van der Waals surface area contributed by atoms with Crippen LogP contribution >= 0.6 is 0 Å². The van der Waals surface area contributed by atoms with E-state index in [0.29, 0.717) is 6.42 Å². The number of carbonyl (C=O) groups excluding carboxylic acids is 2. The average molecular weight is 807 g/mol. The topological polar surface area (TPSA) is 152 Å². The fourth-order valence-electron chi connectivity index (χ4n) is 6.61. The number of aliphatic hydroxyl groups is 4. The summed E-state index contributed by atoms with van der Waals surface area (Å²) < 4.78 is 22.1. The van der Waals surface area contributed by atoms with E-state index >= 15 is 0 Å². The fraction of sp³-hybridized carbons (Fsp3) is 0.787. The molecule has 0 radical (unpaired) electrons. The minimum Gasteiger partial charge on any atom is -0.462 e. The number of ether oxygens (including phenoxy) is 4. The number of unbranched alkanes of at least 4 members (excludes halogenated alkanes) is 18. The Labute approximate surface area is 346 Å². The molecule has 1 rings (SSSR count). The highest BCUT2D eigenvalue weighted by atomic mass is 16.7. The number of rotatable bonds is 37. The maximum atomic E-state index is 12.7. The van der Waals surface area contributed by atoms with Gasteiger partial charge in [-0.2, -0.15) is 0 Å². The molecule has 6 unspecified atom stereocenters. The van der Waals surface area contributed by atoms with Crippen LogP contribution < -0.4 is 0 Å². The zero-order valence-corrected chi connectivity index (χ0v) is 35.8. The Morgan fingerprint density at radius 3 is 1.60 bits per heavy atom. The molecule has 0 aliphatic carbocycles. The molecule has 0 aromatic carbocycles. The van der Waals surface area contributed by atoms with Gasteiger partial charge in [0.1, 0.15) is 31.0 Å². The van der Waals surface area contributed by atoms with Crippen LogP contribution in [0.2, 0.25) is 0 Å². The lowest BCUT2D eigenvalue weighted by atomic mass is 9.99. The van der Waals surface area contributed by atoms with Crippen molar-refractivity contribution in [2.24, 2.45) is 0 Å². The maximum absolute atomic E-state index is 12.7. The first-order valence-electron chi connectivity index (χ1n) is 22.7. The molecule has 0 saturated carbocycles. The Kier molecular flexibility index (Phi) is 35.0. The van der Waals surface area contributed by atoms with Gasteiger partial charge in [-0.1, -0.05) is 146 Å². The van der Waals surface area contributed by atoms with E-state index in [0.717, 1.165) is 64.2 Å². The van der Waals surface area contributed by atoms with Crippen LogP contribution in [-0.2, 0) is 28.5 Å². The second-order valence-electron chi connectivity index (χ2n) is 15.5. The van der Waals surface area contributed by atoms with E-state index in [4.69, 9.17) is 18.9 Å². The molecule has 0 spiro atoms. The number of allylic oxidation sites excluding steroid dienone is 8. The van der Waals surface area contributed by atoms with E-state index in [-0.39, 0.29) is 32.0 Å². The van der Waals surface area contributed by atoms with Gasteiger partial charge >= 0.3 is 11.9 Å². The summed E-state index contributed by atoms with van der Waals surface area (Å²) in [6.45, 7) is 3.27. The molecule has 1 heterocycles. The molecule has 4 N–H and O–H groups in total. The molecular weight excluding hydrogens is 725 g/mol. The van der Waals surface area contributed by atoms with Crippen LogP contribution in [0.4, 0.5) is 0 Å². The Morgan fingerprint density at radius 1 is 0.561 bits per heavy atom. The summed E-state index contributed by atoms with van der Waals surface area (Å²) in [7, 11) is 0. The molecule has 10 nitrogen and oxygen atoms in total. The monoisotopic (exact) mass is 807 g/mol. The molecule has 0 bridgehead atoms. The highest BCUT2D eigenvalue weighted by Gasteiger charge is 2.44. The van der Waals surface area contributed by atoms with Crippen molar-refractivity contribution in [3.63, 3.8) is 0 Å². The molecule has 330 valence electrons. The quantitative estimate of drug-likeness (QED) is 0.0271. The largest absolute Gasteiger partial charge is 0.462 e. The highest BCUT2D eigenvalue weighted by Crippen LogP contribution is 2.22. The van der Waals surface area contributed by atoms with E-state index in [1.165, 1.54) is 83.5 Å². The van der Waals surface area contributed by atoms with Crippen LogP contribution in [0.5, 0.6) is 0 Å². The van der Waals surface area contributed by atoms with Gasteiger partial charge in [0.25, 0.3) is 0 Å². The molecule has 0 aromatic heterocycles. The van der Waals surface area contributed by atoms with Crippen molar-refractivity contribution in [2.75, 3.05) is 19.8 Å². The fourth-order valence-corrected chi connectivity index (χ4v) is 6.61. The predicted octanol–water partition coefficient (Wildman–Crippen LogP) is 9.67. The number of hydrogen-bond donors (Lipinski definition) is 4. The second kappa shape index (κ2) is 37.9. The summed E-state index contributed by atoms with van der Waals surface area (Å²) >= 11 is 0. The molecule has 0 amide bonds. The Bertz CT molecular complexity index is 1070. The van der Waals surface area contributed by atoms with Crippen LogP contribution in [0.1, 0.15) is 181 Å². The van der Waals surface area contributed by atoms with E-state index in [1.54, 1.807) is 0 Å². The van der Waals surface area contributed by atoms with Crippen LogP contribution in [0, 0.1) is 0 Å². The second-order valence-corrected chi connectivity index (χ2v) is 15.5. The van der Waals surface area contributed by atoms with Crippen LogP contribution in [0.3, 0.4) is 0 Å². The molecule has 1 fully saturated rings. The van der Waals surface area contributed by atoms with Crippen molar-refractivity contribution in [3.05, 3.63) is 48.6 Å². The summed E-state index contributed by atoms with van der Waals surface area (Å²) in [6, 6.07) is 0. The van der Waals surface area contributed by atoms with Gasteiger partial charge < -0.3 is 39.4 Å². The normalized spacial score (nSPS) is 20.7. The van der Waals surface area contributed by atoms with Crippen LogP contribution in [0.15, 0.2) is 48.6 Å². The number of carbonyl (C=O) groups is 2. The van der Waals surface area contributed by atoms with Crippen molar-refractivity contribution in [1.29, 1.82) is 0 Å². The van der Waals surface area contributed by atoms with Crippen LogP contribution in [0.25, 0.3) is 0 Å². The molecule has 10 heteroatoms. The van der Waals surface area contributed by atoms with Gasteiger partial charge in [0.15, 0.2) is 12.4 Å². The van der Waals surface area contributed by atoms with Gasteiger partial charge in [-0.05, 0) is 70.6 Å². The smallest absolute Gasteiger partial charge is 0.306 e. The number of hydrogen-bond acceptors (Lipinski definition) is 10. The van der Waals surface area contributed by atoms with Gasteiger partial charge in [-0.15, -0.1) is 0 Å². The lowest BCUT2D eigenvalue weighted by molar-refractivity contribution is -0.305. The summed E-state index contributed by atoms with van der Waals surface area (Å²) in [5, 5.41) is 40.0. The first-order chi connectivity index (χ1) is 27.8. The van der Waals surface area contributed by atoms with Crippen LogP contribution in [-0.4, -0.2) is 89.0 Å². The predicted molar refractivity (Wildman–Crippen MR) is 229 cm³/mol. The molecule has 1 aliphatic rings. The van der Waals surface area contributed by atoms with Crippen molar-refractivity contribution in [3.8, 4) is 0 Å². The Balaban J connectivity index is 2.31. The van der Waals surface area contributed by atoms with E-state index in [9.17, 15) is 30.0 Å². The maximum Gasteiger partial charge on any atom is 0.306 e. The molecule has 6 atom stereocenters. The van der Waals surface area contributed by atoms with Crippen molar-refractivity contribution >= 4 is 11.9 Å². The van der Waals surface area contributed by atoms with E-state index in [2.05, 4.69) is 62.5 Å². The minimum absolute atomic E-state index is 0.193. The molecule has 1 saturated heterocycles. The average Bonchev–Trinajstić information content (AvgIpc) is 3.21. The van der Waals surface area contributed by atoms with Gasteiger partial charge in [-0.25, -0.2) is 0 Å². The Morgan fingerprint density at radius 2 is 1.04 bits per heavy atom. The number of esters is 2. The van der Waals surface area contributed by atoms with E-state index in [1.807, 2.05) is 0 Å². The van der Waals surface area contributed by atoms with Crippen molar-refractivity contribution < 1.29 is 49.0 Å². The molecule has 57 heavy (non-hydrogen) atoms. The third-order valence-corrected chi connectivity index (χ3v) is 10.2. The lowest BCUT2D eigenvalue weighted by Gasteiger charge is -2.39. The third kappa shape index (κ3) is 29.5. The zero-order chi connectivity index (χ0) is 41.6. The van der Waals surface area contributed by atoms with E-state index < -0.39 is 49.4 Å². The summed E-state index contributed by atoms with van der Waals surface area (Å²) in [6.07, 6.45) is 36.9.